The number of urea groups is 1. The fraction of sp³-hybridized carbons (Fsp3) is 0.895. The van der Waals surface area contributed by atoms with E-state index in [0.29, 0.717) is 19.1 Å². The van der Waals surface area contributed by atoms with Crippen LogP contribution in [0.25, 0.3) is 0 Å². The first-order valence-corrected chi connectivity index (χ1v) is 9.87. The summed E-state index contributed by atoms with van der Waals surface area (Å²) >= 11 is 0. The SMILES string of the molecule is CC(C)(C)OC(=O)N1CCC(NC(=O)N2C[C@H]3[C@H]4CC[C@@H](C4)[C@@H]32)CC1. The van der Waals surface area contributed by atoms with Gasteiger partial charge in [0.25, 0.3) is 0 Å². The van der Waals surface area contributed by atoms with E-state index in [1.54, 1.807) is 4.90 Å². The highest BCUT2D eigenvalue weighted by Crippen LogP contribution is 2.55. The van der Waals surface area contributed by atoms with E-state index in [4.69, 9.17) is 4.74 Å². The van der Waals surface area contributed by atoms with E-state index < -0.39 is 5.60 Å². The van der Waals surface area contributed by atoms with Gasteiger partial charge >= 0.3 is 12.1 Å². The van der Waals surface area contributed by atoms with Crippen molar-refractivity contribution in [3.63, 3.8) is 0 Å². The van der Waals surface area contributed by atoms with Crippen LogP contribution in [0.5, 0.6) is 0 Å². The Hall–Kier alpha value is -1.46. The van der Waals surface area contributed by atoms with Gasteiger partial charge in [-0.2, -0.15) is 0 Å². The molecular formula is C19H31N3O3. The minimum Gasteiger partial charge on any atom is -0.444 e. The molecule has 2 aliphatic carbocycles. The smallest absolute Gasteiger partial charge is 0.410 e. The van der Waals surface area contributed by atoms with Gasteiger partial charge in [-0.3, -0.25) is 0 Å². The minimum atomic E-state index is -0.461. The third-order valence-corrected chi connectivity index (χ3v) is 6.54. The van der Waals surface area contributed by atoms with Crippen LogP contribution in [-0.4, -0.2) is 59.2 Å². The number of likely N-dealkylation sites (tertiary alicyclic amines) is 2. The molecule has 4 rings (SSSR count). The molecule has 0 spiro atoms. The molecule has 0 unspecified atom stereocenters. The zero-order valence-corrected chi connectivity index (χ0v) is 15.7. The minimum absolute atomic E-state index is 0.115. The third kappa shape index (κ3) is 3.20. The molecule has 1 N–H and O–H groups in total. The normalized spacial score (nSPS) is 34.5. The summed E-state index contributed by atoms with van der Waals surface area (Å²) in [5.41, 5.74) is -0.461. The van der Waals surface area contributed by atoms with E-state index in [9.17, 15) is 9.59 Å². The van der Waals surface area contributed by atoms with Gasteiger partial charge in [0.2, 0.25) is 0 Å². The van der Waals surface area contributed by atoms with E-state index in [1.807, 2.05) is 20.8 Å². The first-order valence-electron chi connectivity index (χ1n) is 9.87. The number of hydrogen-bond donors (Lipinski definition) is 1. The van der Waals surface area contributed by atoms with Crippen molar-refractivity contribution in [2.75, 3.05) is 19.6 Å². The van der Waals surface area contributed by atoms with Crippen molar-refractivity contribution in [1.29, 1.82) is 0 Å². The van der Waals surface area contributed by atoms with Gasteiger partial charge in [0.15, 0.2) is 0 Å². The van der Waals surface area contributed by atoms with Crippen LogP contribution in [0, 0.1) is 17.8 Å². The molecule has 2 saturated carbocycles. The molecule has 4 fully saturated rings. The van der Waals surface area contributed by atoms with Crippen LogP contribution in [0.4, 0.5) is 9.59 Å². The Kier molecular flexibility index (Phi) is 4.12. The van der Waals surface area contributed by atoms with Gasteiger partial charge in [-0.1, -0.05) is 0 Å². The summed E-state index contributed by atoms with van der Waals surface area (Å²) < 4.78 is 5.43. The van der Waals surface area contributed by atoms with E-state index in [1.165, 1.54) is 19.3 Å². The van der Waals surface area contributed by atoms with Crippen molar-refractivity contribution >= 4 is 12.1 Å². The van der Waals surface area contributed by atoms with Crippen molar-refractivity contribution in [1.82, 2.24) is 15.1 Å². The summed E-state index contributed by atoms with van der Waals surface area (Å²) in [5.74, 6) is 2.41. The topological polar surface area (TPSA) is 61.9 Å². The van der Waals surface area contributed by atoms with Gasteiger partial charge in [0.1, 0.15) is 5.60 Å². The number of ether oxygens (including phenoxy) is 1. The van der Waals surface area contributed by atoms with E-state index in [0.717, 1.165) is 37.1 Å². The van der Waals surface area contributed by atoms with Crippen molar-refractivity contribution in [2.45, 2.75) is 70.6 Å². The maximum Gasteiger partial charge on any atom is 0.410 e. The van der Waals surface area contributed by atoms with Gasteiger partial charge in [-0.15, -0.1) is 0 Å². The highest BCUT2D eigenvalue weighted by Gasteiger charge is 2.57. The number of carbonyl (C=O) groups is 2. The lowest BCUT2D eigenvalue weighted by molar-refractivity contribution is 0.00862. The van der Waals surface area contributed by atoms with Crippen LogP contribution in [-0.2, 0) is 4.74 Å². The van der Waals surface area contributed by atoms with E-state index in [-0.39, 0.29) is 18.2 Å². The first-order chi connectivity index (χ1) is 11.8. The third-order valence-electron chi connectivity index (χ3n) is 6.54. The zero-order chi connectivity index (χ0) is 17.8. The van der Waals surface area contributed by atoms with Crippen LogP contribution in [0.2, 0.25) is 0 Å². The summed E-state index contributed by atoms with van der Waals surface area (Å²) in [6, 6.07) is 0.800. The van der Waals surface area contributed by atoms with E-state index in [2.05, 4.69) is 10.2 Å². The molecular weight excluding hydrogens is 318 g/mol. The maximum atomic E-state index is 12.6. The molecule has 2 saturated heterocycles. The fourth-order valence-electron chi connectivity index (χ4n) is 5.34. The number of amides is 3. The maximum absolute atomic E-state index is 12.6. The second kappa shape index (κ2) is 6.06. The summed E-state index contributed by atoms with van der Waals surface area (Å²) in [6.45, 7) is 7.90. The Labute approximate surface area is 150 Å². The Bertz CT molecular complexity index is 549. The van der Waals surface area contributed by atoms with Gasteiger partial charge in [-0.25, -0.2) is 9.59 Å². The van der Waals surface area contributed by atoms with Crippen molar-refractivity contribution < 1.29 is 14.3 Å². The second-order valence-electron chi connectivity index (χ2n) is 9.33. The van der Waals surface area contributed by atoms with Gasteiger partial charge in [0, 0.05) is 37.6 Å². The van der Waals surface area contributed by atoms with Crippen LogP contribution in [0.3, 0.4) is 0 Å². The molecule has 140 valence electrons. The lowest BCUT2D eigenvalue weighted by Gasteiger charge is -2.50. The number of nitrogens with one attached hydrogen (secondary N) is 1. The van der Waals surface area contributed by atoms with Gasteiger partial charge < -0.3 is 19.9 Å². The molecule has 0 aromatic carbocycles. The van der Waals surface area contributed by atoms with Crippen LogP contribution in [0.15, 0.2) is 0 Å². The molecule has 0 aromatic rings. The monoisotopic (exact) mass is 349 g/mol. The summed E-state index contributed by atoms with van der Waals surface area (Å²) in [4.78, 5) is 28.6. The molecule has 3 amide bonds. The number of carbonyl (C=O) groups excluding carboxylic acids is 2. The summed E-state index contributed by atoms with van der Waals surface area (Å²) in [5, 5.41) is 3.21. The van der Waals surface area contributed by atoms with Crippen LogP contribution in [0.1, 0.15) is 52.9 Å². The lowest BCUT2D eigenvalue weighted by atomic mass is 9.77. The van der Waals surface area contributed by atoms with Crippen molar-refractivity contribution in [3.05, 3.63) is 0 Å². The predicted octanol–water partition coefficient (Wildman–Crippen LogP) is 2.83. The number of fused-ring (bicyclic) bond motifs is 5. The van der Waals surface area contributed by atoms with Crippen LogP contribution < -0.4 is 5.32 Å². The molecule has 2 aliphatic heterocycles. The molecule has 4 aliphatic rings. The molecule has 0 aromatic heterocycles. The Morgan fingerprint density at radius 1 is 1.04 bits per heavy atom. The molecule has 2 bridgehead atoms. The van der Waals surface area contributed by atoms with Gasteiger partial charge in [-0.05, 0) is 64.7 Å². The standard InChI is InChI=1S/C19H31N3O3/c1-19(2,3)25-18(24)21-8-6-14(7-9-21)20-17(23)22-11-15-12-4-5-13(10-12)16(15)22/h12-16H,4-11H2,1-3H3,(H,20,23)/t12-,13-,15-,16-/m0/s1. The molecule has 2 heterocycles. The molecule has 6 nitrogen and oxygen atoms in total. The second-order valence-corrected chi connectivity index (χ2v) is 9.33. The first kappa shape index (κ1) is 17.0. The Morgan fingerprint density at radius 3 is 2.36 bits per heavy atom. The molecule has 4 atom stereocenters. The zero-order valence-electron chi connectivity index (χ0n) is 15.7. The lowest BCUT2D eigenvalue weighted by Crippen LogP contribution is -2.64. The van der Waals surface area contributed by atoms with Gasteiger partial charge in [0.05, 0.1) is 0 Å². The number of rotatable bonds is 1. The predicted molar refractivity (Wildman–Crippen MR) is 94.2 cm³/mol. The number of piperidine rings is 1. The quantitative estimate of drug-likeness (QED) is 0.792. The van der Waals surface area contributed by atoms with Crippen LogP contribution >= 0.6 is 0 Å². The highest BCUT2D eigenvalue weighted by molar-refractivity contribution is 5.76. The Morgan fingerprint density at radius 2 is 1.72 bits per heavy atom. The Balaban J connectivity index is 1.23. The van der Waals surface area contributed by atoms with Crippen molar-refractivity contribution in [3.8, 4) is 0 Å². The van der Waals surface area contributed by atoms with E-state index >= 15 is 0 Å². The largest absolute Gasteiger partial charge is 0.444 e. The van der Waals surface area contributed by atoms with Crippen molar-refractivity contribution in [2.24, 2.45) is 17.8 Å². The molecule has 6 heteroatoms. The highest BCUT2D eigenvalue weighted by atomic mass is 16.6. The summed E-state index contributed by atoms with van der Waals surface area (Å²) in [7, 11) is 0. The number of nitrogens with zero attached hydrogens (tertiary/aromatic N) is 2. The number of hydrogen-bond acceptors (Lipinski definition) is 3. The summed E-state index contributed by atoms with van der Waals surface area (Å²) in [6.07, 6.45) is 5.39. The average Bonchev–Trinajstić information content (AvgIpc) is 3.02. The average molecular weight is 349 g/mol. The fourth-order valence-corrected chi connectivity index (χ4v) is 5.34. The molecule has 25 heavy (non-hydrogen) atoms. The molecule has 0 radical (unpaired) electrons.